The van der Waals surface area contributed by atoms with Crippen LogP contribution < -0.4 is 0 Å². The summed E-state index contributed by atoms with van der Waals surface area (Å²) in [4.78, 5) is 0. The van der Waals surface area contributed by atoms with Crippen molar-refractivity contribution in [2.45, 2.75) is 12.2 Å². The molecule has 0 saturated carbocycles. The Bertz CT molecular complexity index is 114. The summed E-state index contributed by atoms with van der Waals surface area (Å²) in [6.45, 7) is 21.3. The molecule has 2 unspecified atom stereocenters. The molecular formula is C12H22O3. The van der Waals surface area contributed by atoms with Crippen molar-refractivity contribution >= 4 is 0 Å². The lowest BCUT2D eigenvalue weighted by Gasteiger charge is -1.95. The zero-order chi connectivity index (χ0) is 12.1. The zero-order valence-corrected chi connectivity index (χ0v) is 9.45. The van der Waals surface area contributed by atoms with Crippen LogP contribution >= 0.6 is 0 Å². The van der Waals surface area contributed by atoms with Crippen molar-refractivity contribution in [2.75, 3.05) is 26.4 Å². The number of hydrogen-bond donors (Lipinski definition) is 0. The number of epoxide rings is 2. The third-order valence-corrected chi connectivity index (χ3v) is 1.41. The molecule has 15 heavy (non-hydrogen) atoms. The topological polar surface area (TPSA) is 34.3 Å². The minimum Gasteiger partial charge on any atom is -0.376 e. The van der Waals surface area contributed by atoms with Gasteiger partial charge < -0.3 is 14.2 Å². The zero-order valence-electron chi connectivity index (χ0n) is 9.45. The molecule has 0 amide bonds. The summed E-state index contributed by atoms with van der Waals surface area (Å²) < 4.78 is 15.1. The van der Waals surface area contributed by atoms with Crippen LogP contribution in [0.1, 0.15) is 0 Å². The highest BCUT2D eigenvalue weighted by atomic mass is 16.6. The van der Waals surface area contributed by atoms with E-state index in [1.807, 2.05) is 0 Å². The van der Waals surface area contributed by atoms with Gasteiger partial charge in [0, 0.05) is 0 Å². The Morgan fingerprint density at radius 2 is 1.07 bits per heavy atom. The van der Waals surface area contributed by atoms with E-state index in [9.17, 15) is 0 Å². The van der Waals surface area contributed by atoms with Crippen LogP contribution in [0.5, 0.6) is 0 Å². The molecule has 0 aliphatic carbocycles. The van der Waals surface area contributed by atoms with Gasteiger partial charge in [0.15, 0.2) is 0 Å². The molecule has 2 saturated heterocycles. The van der Waals surface area contributed by atoms with Crippen molar-refractivity contribution < 1.29 is 14.2 Å². The molecule has 2 atom stereocenters. The Morgan fingerprint density at radius 3 is 1.27 bits per heavy atom. The molecule has 0 N–H and O–H groups in total. The smallest absolute Gasteiger partial charge is 0.104 e. The summed E-state index contributed by atoms with van der Waals surface area (Å²) in [5.74, 6) is 0. The Morgan fingerprint density at radius 1 is 0.800 bits per heavy atom. The fraction of sp³-hybridized carbons (Fsp3) is 0.500. The largest absolute Gasteiger partial charge is 0.376 e. The van der Waals surface area contributed by atoms with Crippen molar-refractivity contribution in [3.8, 4) is 0 Å². The number of ether oxygens (including phenoxy) is 3. The molecule has 2 aliphatic rings. The van der Waals surface area contributed by atoms with Crippen molar-refractivity contribution in [1.82, 2.24) is 0 Å². The van der Waals surface area contributed by atoms with Gasteiger partial charge in [-0.1, -0.05) is 0 Å². The van der Waals surface area contributed by atoms with Crippen molar-refractivity contribution in [1.29, 1.82) is 0 Å². The summed E-state index contributed by atoms with van der Waals surface area (Å²) in [6.07, 6.45) is 0.785. The Labute approximate surface area is 93.0 Å². The first-order chi connectivity index (χ1) is 7.45. The molecule has 2 heterocycles. The molecule has 2 rings (SSSR count). The van der Waals surface area contributed by atoms with E-state index in [4.69, 9.17) is 14.2 Å². The normalized spacial score (nSPS) is 24.0. The monoisotopic (exact) mass is 214 g/mol. The summed E-state index contributed by atoms with van der Waals surface area (Å²) in [5.41, 5.74) is 0. The lowest BCUT2D eigenvalue weighted by molar-refractivity contribution is 0.102. The predicted octanol–water partition coefficient (Wildman–Crippen LogP) is 2.21. The third kappa shape index (κ3) is 13.1. The van der Waals surface area contributed by atoms with E-state index in [1.54, 1.807) is 0 Å². The average Bonchev–Trinajstić information content (AvgIpc) is 3.21. The Kier molecular flexibility index (Phi) is 14.4. The van der Waals surface area contributed by atoms with Gasteiger partial charge in [-0.25, -0.2) is 0 Å². The highest BCUT2D eigenvalue weighted by Crippen LogP contribution is 2.12. The van der Waals surface area contributed by atoms with Gasteiger partial charge in [0.1, 0.15) is 12.2 Å². The van der Waals surface area contributed by atoms with Crippen LogP contribution in [0.15, 0.2) is 39.5 Å². The minimum atomic E-state index is 0.392. The molecule has 0 aromatic rings. The van der Waals surface area contributed by atoms with Gasteiger partial charge in [0.05, 0.1) is 26.4 Å². The molecule has 2 aliphatic heterocycles. The van der Waals surface area contributed by atoms with Crippen LogP contribution in [0.4, 0.5) is 0 Å². The van der Waals surface area contributed by atoms with Crippen LogP contribution in [-0.2, 0) is 14.2 Å². The second-order valence-electron chi connectivity index (χ2n) is 2.45. The standard InChI is InChI=1S/C6H10O3.3C2H4/c1(5-3-8-5)7-2-6-4-9-6;3*1-2/h5-6H,1-4H2;3*1-2H2. The maximum atomic E-state index is 5.23. The highest BCUT2D eigenvalue weighted by molar-refractivity contribution is 4.71. The SMILES string of the molecule is C(OCC1CO1)C1CO1.C=C.C=C.C=C. The van der Waals surface area contributed by atoms with Gasteiger partial charge in [0.2, 0.25) is 0 Å². The molecule has 0 bridgehead atoms. The van der Waals surface area contributed by atoms with Crippen LogP contribution in [-0.4, -0.2) is 38.6 Å². The maximum absolute atomic E-state index is 5.23. The summed E-state index contributed by atoms with van der Waals surface area (Å²) in [7, 11) is 0. The minimum absolute atomic E-state index is 0.392. The molecule has 0 spiro atoms. The molecular weight excluding hydrogens is 192 g/mol. The number of hydrogen-bond acceptors (Lipinski definition) is 3. The van der Waals surface area contributed by atoms with Gasteiger partial charge in [-0.05, 0) is 0 Å². The van der Waals surface area contributed by atoms with Gasteiger partial charge in [-0.2, -0.15) is 0 Å². The molecule has 0 aromatic carbocycles. The van der Waals surface area contributed by atoms with Gasteiger partial charge >= 0.3 is 0 Å². The van der Waals surface area contributed by atoms with E-state index in [2.05, 4.69) is 39.5 Å². The second kappa shape index (κ2) is 13.1. The van der Waals surface area contributed by atoms with E-state index < -0.39 is 0 Å². The lowest BCUT2D eigenvalue weighted by Crippen LogP contribution is -2.06. The van der Waals surface area contributed by atoms with Gasteiger partial charge in [-0.15, -0.1) is 39.5 Å². The van der Waals surface area contributed by atoms with Gasteiger partial charge in [0.25, 0.3) is 0 Å². The van der Waals surface area contributed by atoms with Crippen molar-refractivity contribution in [3.63, 3.8) is 0 Å². The molecule has 3 heteroatoms. The summed E-state index contributed by atoms with van der Waals surface area (Å²) in [5, 5.41) is 0. The van der Waals surface area contributed by atoms with E-state index in [-0.39, 0.29) is 0 Å². The Balaban J connectivity index is 0. The van der Waals surface area contributed by atoms with Crippen LogP contribution in [0, 0.1) is 0 Å². The van der Waals surface area contributed by atoms with E-state index >= 15 is 0 Å². The van der Waals surface area contributed by atoms with Crippen LogP contribution in [0.3, 0.4) is 0 Å². The quantitative estimate of drug-likeness (QED) is 0.531. The first kappa shape index (κ1) is 16.5. The summed E-state index contributed by atoms with van der Waals surface area (Å²) in [6, 6.07) is 0. The van der Waals surface area contributed by atoms with E-state index in [1.165, 1.54) is 0 Å². The third-order valence-electron chi connectivity index (χ3n) is 1.41. The molecule has 88 valence electrons. The maximum Gasteiger partial charge on any atom is 0.104 e. The predicted molar refractivity (Wildman–Crippen MR) is 64.1 cm³/mol. The second-order valence-corrected chi connectivity index (χ2v) is 2.45. The van der Waals surface area contributed by atoms with E-state index in [0.717, 1.165) is 26.4 Å². The molecule has 0 aromatic heterocycles. The average molecular weight is 214 g/mol. The molecule has 3 nitrogen and oxygen atoms in total. The fourth-order valence-corrected chi connectivity index (χ4v) is 0.659. The lowest BCUT2D eigenvalue weighted by atomic mass is 10.5. The van der Waals surface area contributed by atoms with Crippen LogP contribution in [0.25, 0.3) is 0 Å². The van der Waals surface area contributed by atoms with Crippen LogP contribution in [0.2, 0.25) is 0 Å². The first-order valence-corrected chi connectivity index (χ1v) is 4.76. The van der Waals surface area contributed by atoms with Crippen molar-refractivity contribution in [2.24, 2.45) is 0 Å². The van der Waals surface area contributed by atoms with E-state index in [0.29, 0.717) is 12.2 Å². The molecule has 0 radical (unpaired) electrons. The van der Waals surface area contributed by atoms with Crippen molar-refractivity contribution in [3.05, 3.63) is 39.5 Å². The van der Waals surface area contributed by atoms with Gasteiger partial charge in [-0.3, -0.25) is 0 Å². The molecule has 2 fully saturated rings. The Hall–Kier alpha value is -0.900. The summed E-state index contributed by atoms with van der Waals surface area (Å²) >= 11 is 0. The number of rotatable bonds is 4. The highest BCUT2D eigenvalue weighted by Gasteiger charge is 2.26. The fourth-order valence-electron chi connectivity index (χ4n) is 0.659. The first-order valence-electron chi connectivity index (χ1n) is 4.76.